The Hall–Kier alpha value is -0.700. The van der Waals surface area contributed by atoms with Crippen LogP contribution >= 0.6 is 0 Å². The molecular weight excluding hydrogens is 248 g/mol. The van der Waals surface area contributed by atoms with Gasteiger partial charge in [0.2, 0.25) is 10.0 Å². The number of ether oxygens (including phenoxy) is 1. The van der Waals surface area contributed by atoms with Gasteiger partial charge in [0.25, 0.3) is 0 Å². The Morgan fingerprint density at radius 1 is 1.59 bits per heavy atom. The van der Waals surface area contributed by atoms with Crippen molar-refractivity contribution in [1.29, 1.82) is 0 Å². The summed E-state index contributed by atoms with van der Waals surface area (Å²) >= 11 is 0. The van der Waals surface area contributed by atoms with Crippen molar-refractivity contribution in [2.75, 3.05) is 12.4 Å². The summed E-state index contributed by atoms with van der Waals surface area (Å²) in [5.74, 6) is -1.58. The van der Waals surface area contributed by atoms with E-state index in [1.807, 2.05) is 6.92 Å². The molecule has 1 aliphatic carbocycles. The lowest BCUT2D eigenvalue weighted by Gasteiger charge is -2.42. The molecular formula is C9H18N2O5S. The molecule has 0 heterocycles. The number of nitrogens with two attached hydrogens (primary N) is 1. The van der Waals surface area contributed by atoms with Gasteiger partial charge in [-0.05, 0) is 13.3 Å². The Bertz CT molecular complexity index is 368. The van der Waals surface area contributed by atoms with E-state index < -0.39 is 34.2 Å². The van der Waals surface area contributed by atoms with E-state index in [0.717, 1.165) is 0 Å². The molecule has 0 aromatic carbocycles. The minimum Gasteiger partial charge on any atom is -0.481 e. The van der Waals surface area contributed by atoms with E-state index in [9.17, 15) is 13.2 Å². The lowest BCUT2D eigenvalue weighted by Crippen LogP contribution is -2.64. The number of aliphatic carboxylic acids is 1. The van der Waals surface area contributed by atoms with E-state index >= 15 is 0 Å². The molecule has 1 aliphatic rings. The van der Waals surface area contributed by atoms with Crippen LogP contribution < -0.4 is 10.5 Å². The van der Waals surface area contributed by atoms with Gasteiger partial charge in [0.15, 0.2) is 0 Å². The van der Waals surface area contributed by atoms with Gasteiger partial charge in [0.05, 0.1) is 24.3 Å². The Kier molecular flexibility index (Phi) is 4.87. The molecule has 7 nitrogen and oxygen atoms in total. The van der Waals surface area contributed by atoms with E-state index in [0.29, 0.717) is 13.0 Å². The van der Waals surface area contributed by atoms with Crippen LogP contribution in [-0.4, -0.2) is 50.0 Å². The summed E-state index contributed by atoms with van der Waals surface area (Å²) in [6.45, 7) is 2.31. The van der Waals surface area contributed by atoms with Gasteiger partial charge in [-0.1, -0.05) is 0 Å². The highest BCUT2D eigenvalue weighted by molar-refractivity contribution is 7.89. The summed E-state index contributed by atoms with van der Waals surface area (Å²) in [5, 5.41) is 8.43. The SMILES string of the molecule is CCOC1CC(N)C1NS(=O)(=O)CCC(=O)O. The average molecular weight is 266 g/mol. The molecule has 100 valence electrons. The van der Waals surface area contributed by atoms with Crippen molar-refractivity contribution in [3.63, 3.8) is 0 Å². The van der Waals surface area contributed by atoms with Crippen LogP contribution in [-0.2, 0) is 19.6 Å². The molecule has 8 heteroatoms. The first kappa shape index (κ1) is 14.4. The molecule has 0 aromatic heterocycles. The third-order valence-electron chi connectivity index (χ3n) is 2.65. The van der Waals surface area contributed by atoms with E-state index in [-0.39, 0.29) is 12.1 Å². The normalized spacial score (nSPS) is 28.7. The Labute approximate surface area is 100 Å². The number of carboxylic acids is 1. The van der Waals surface area contributed by atoms with Crippen LogP contribution in [0.25, 0.3) is 0 Å². The largest absolute Gasteiger partial charge is 0.481 e. The Morgan fingerprint density at radius 3 is 2.71 bits per heavy atom. The number of hydrogen-bond donors (Lipinski definition) is 3. The predicted octanol–water partition coefficient (Wildman–Crippen LogP) is -1.11. The van der Waals surface area contributed by atoms with Crippen molar-refractivity contribution in [3.05, 3.63) is 0 Å². The van der Waals surface area contributed by atoms with Gasteiger partial charge < -0.3 is 15.6 Å². The standard InChI is InChI=1S/C9H18N2O5S/c1-2-16-7-5-6(10)9(7)11-17(14,15)4-3-8(12)13/h6-7,9,11H,2-5,10H2,1H3,(H,12,13). The topological polar surface area (TPSA) is 119 Å². The fourth-order valence-corrected chi connectivity index (χ4v) is 2.98. The first-order valence-corrected chi connectivity index (χ1v) is 7.10. The zero-order valence-corrected chi connectivity index (χ0v) is 10.4. The van der Waals surface area contributed by atoms with Crippen molar-refractivity contribution in [1.82, 2.24) is 4.72 Å². The van der Waals surface area contributed by atoms with Gasteiger partial charge in [0.1, 0.15) is 0 Å². The van der Waals surface area contributed by atoms with Crippen molar-refractivity contribution in [3.8, 4) is 0 Å². The first-order chi connectivity index (χ1) is 7.85. The number of carbonyl (C=O) groups is 1. The number of carboxylic acid groups (broad SMARTS) is 1. The van der Waals surface area contributed by atoms with Gasteiger partial charge >= 0.3 is 5.97 Å². The summed E-state index contributed by atoms with van der Waals surface area (Å²) < 4.78 is 30.8. The fraction of sp³-hybridized carbons (Fsp3) is 0.889. The van der Waals surface area contributed by atoms with Gasteiger partial charge in [-0.15, -0.1) is 0 Å². The second-order valence-electron chi connectivity index (χ2n) is 4.00. The third kappa shape index (κ3) is 4.23. The van der Waals surface area contributed by atoms with Crippen LogP contribution in [0.15, 0.2) is 0 Å². The van der Waals surface area contributed by atoms with E-state index in [1.54, 1.807) is 0 Å². The van der Waals surface area contributed by atoms with Crippen molar-refractivity contribution in [2.24, 2.45) is 5.73 Å². The van der Waals surface area contributed by atoms with Gasteiger partial charge in [-0.25, -0.2) is 13.1 Å². The lowest BCUT2D eigenvalue weighted by molar-refractivity contribution is -0.136. The molecule has 1 fully saturated rings. The maximum atomic E-state index is 11.5. The minimum absolute atomic E-state index is 0.213. The summed E-state index contributed by atoms with van der Waals surface area (Å²) in [5.41, 5.74) is 5.68. The van der Waals surface area contributed by atoms with E-state index in [1.165, 1.54) is 0 Å². The van der Waals surface area contributed by atoms with Gasteiger partial charge in [-0.3, -0.25) is 4.79 Å². The molecule has 1 saturated carbocycles. The molecule has 17 heavy (non-hydrogen) atoms. The maximum Gasteiger partial charge on any atom is 0.304 e. The molecule has 0 saturated heterocycles. The summed E-state index contributed by atoms with van der Waals surface area (Å²) in [6, 6.07) is -0.722. The zero-order chi connectivity index (χ0) is 13.1. The number of hydrogen-bond acceptors (Lipinski definition) is 5. The van der Waals surface area contributed by atoms with E-state index in [4.69, 9.17) is 15.6 Å². The summed E-state index contributed by atoms with van der Waals surface area (Å²) in [4.78, 5) is 10.3. The zero-order valence-electron chi connectivity index (χ0n) is 9.63. The average Bonchev–Trinajstić information content (AvgIpc) is 2.24. The molecule has 0 amide bonds. The van der Waals surface area contributed by atoms with Crippen molar-refractivity contribution in [2.45, 2.75) is 38.0 Å². The van der Waals surface area contributed by atoms with Crippen LogP contribution in [0.2, 0.25) is 0 Å². The molecule has 3 atom stereocenters. The lowest BCUT2D eigenvalue weighted by atomic mass is 9.84. The van der Waals surface area contributed by atoms with Crippen LogP contribution in [0.1, 0.15) is 19.8 Å². The van der Waals surface area contributed by atoms with Crippen molar-refractivity contribution < 1.29 is 23.1 Å². The summed E-state index contributed by atoms with van der Waals surface area (Å²) in [7, 11) is -3.61. The molecule has 0 radical (unpaired) electrons. The molecule has 0 aromatic rings. The molecule has 0 spiro atoms. The van der Waals surface area contributed by atoms with Crippen LogP contribution in [0.5, 0.6) is 0 Å². The second-order valence-corrected chi connectivity index (χ2v) is 5.87. The molecule has 4 N–H and O–H groups in total. The molecule has 0 aliphatic heterocycles. The van der Waals surface area contributed by atoms with Crippen molar-refractivity contribution >= 4 is 16.0 Å². The Balaban J connectivity index is 2.48. The Morgan fingerprint density at radius 2 is 2.24 bits per heavy atom. The monoisotopic (exact) mass is 266 g/mol. The third-order valence-corrected chi connectivity index (χ3v) is 4.02. The first-order valence-electron chi connectivity index (χ1n) is 5.44. The van der Waals surface area contributed by atoms with Crippen LogP contribution in [0.4, 0.5) is 0 Å². The van der Waals surface area contributed by atoms with E-state index in [2.05, 4.69) is 4.72 Å². The summed E-state index contributed by atoms with van der Waals surface area (Å²) in [6.07, 6.45) is -0.0223. The number of nitrogens with one attached hydrogen (secondary N) is 1. The molecule has 3 unspecified atom stereocenters. The number of rotatable bonds is 7. The smallest absolute Gasteiger partial charge is 0.304 e. The minimum atomic E-state index is -3.61. The maximum absolute atomic E-state index is 11.5. The van der Waals surface area contributed by atoms with Gasteiger partial charge in [0, 0.05) is 12.6 Å². The molecule has 0 bridgehead atoms. The highest BCUT2D eigenvalue weighted by Crippen LogP contribution is 2.23. The van der Waals surface area contributed by atoms with Crippen LogP contribution in [0, 0.1) is 0 Å². The van der Waals surface area contributed by atoms with Gasteiger partial charge in [-0.2, -0.15) is 0 Å². The molecule has 1 rings (SSSR count). The predicted molar refractivity (Wildman–Crippen MR) is 61.0 cm³/mol. The van der Waals surface area contributed by atoms with Crippen LogP contribution in [0.3, 0.4) is 0 Å². The highest BCUT2D eigenvalue weighted by Gasteiger charge is 2.41. The highest BCUT2D eigenvalue weighted by atomic mass is 32.2. The number of sulfonamides is 1. The second kappa shape index (κ2) is 5.76. The quantitative estimate of drug-likeness (QED) is 0.537. The fourth-order valence-electron chi connectivity index (χ4n) is 1.68.